The van der Waals surface area contributed by atoms with E-state index in [1.807, 2.05) is 60.7 Å². The highest BCUT2D eigenvalue weighted by molar-refractivity contribution is 8.01. The van der Waals surface area contributed by atoms with Gasteiger partial charge in [-0.15, -0.1) is 11.3 Å². The number of thiazole rings is 1. The van der Waals surface area contributed by atoms with Crippen molar-refractivity contribution >= 4 is 33.3 Å². The molecule has 0 saturated heterocycles. The Morgan fingerprint density at radius 2 is 1.55 bits per heavy atom. The summed E-state index contributed by atoms with van der Waals surface area (Å²) in [4.78, 5) is 9.60. The van der Waals surface area contributed by atoms with Gasteiger partial charge in [0, 0.05) is 5.56 Å². The zero-order valence-corrected chi connectivity index (χ0v) is 19.8. The van der Waals surface area contributed by atoms with Crippen molar-refractivity contribution in [2.75, 3.05) is 21.3 Å². The van der Waals surface area contributed by atoms with Crippen molar-refractivity contribution in [3.8, 4) is 40.0 Å². The highest BCUT2D eigenvalue weighted by Gasteiger charge is 2.25. The van der Waals surface area contributed by atoms with Crippen molar-refractivity contribution in [1.82, 2.24) is 9.97 Å². The summed E-state index contributed by atoms with van der Waals surface area (Å²) in [6.07, 6.45) is 0. The Morgan fingerprint density at radius 1 is 0.788 bits per heavy atom. The lowest BCUT2D eigenvalue weighted by Gasteiger charge is -2.14. The second-order valence-corrected chi connectivity index (χ2v) is 9.20. The quantitative estimate of drug-likeness (QED) is 0.256. The van der Waals surface area contributed by atoms with Crippen molar-refractivity contribution in [2.24, 2.45) is 0 Å². The van der Waals surface area contributed by atoms with Crippen LogP contribution in [0.4, 0.5) is 0 Å². The number of aromatic nitrogens is 2. The molecular weight excluding hydrogens is 456 g/mol. The van der Waals surface area contributed by atoms with E-state index in [4.69, 9.17) is 28.6 Å². The topological polar surface area (TPSA) is 66.6 Å². The molecule has 5 aromatic rings. The molecule has 6 nitrogen and oxygen atoms in total. The van der Waals surface area contributed by atoms with Crippen LogP contribution in [-0.4, -0.2) is 31.3 Å². The van der Waals surface area contributed by atoms with Gasteiger partial charge in [0.15, 0.2) is 20.9 Å². The first kappa shape index (κ1) is 21.4. The number of rotatable bonds is 7. The number of ether oxygens (including phenoxy) is 3. The monoisotopic (exact) mass is 476 g/mol. The van der Waals surface area contributed by atoms with Gasteiger partial charge in [-0.25, -0.2) is 9.97 Å². The summed E-state index contributed by atoms with van der Waals surface area (Å²) >= 11 is 3.06. The maximum atomic E-state index is 6.28. The van der Waals surface area contributed by atoms with E-state index in [9.17, 15) is 0 Å². The number of nitrogens with zero attached hydrogens (tertiary/aromatic N) is 2. The smallest absolute Gasteiger partial charge is 0.228 e. The second-order valence-electron chi connectivity index (χ2n) is 6.95. The summed E-state index contributed by atoms with van der Waals surface area (Å²) in [6.45, 7) is 0. The minimum Gasteiger partial charge on any atom is -0.493 e. The molecule has 8 heteroatoms. The van der Waals surface area contributed by atoms with Crippen LogP contribution in [0.5, 0.6) is 17.2 Å². The van der Waals surface area contributed by atoms with Crippen LogP contribution < -0.4 is 14.2 Å². The molecule has 2 heterocycles. The van der Waals surface area contributed by atoms with Crippen LogP contribution in [0, 0.1) is 0 Å². The van der Waals surface area contributed by atoms with Gasteiger partial charge in [0.05, 0.1) is 37.1 Å². The van der Waals surface area contributed by atoms with E-state index < -0.39 is 0 Å². The van der Waals surface area contributed by atoms with Crippen LogP contribution in [0.15, 0.2) is 80.6 Å². The van der Waals surface area contributed by atoms with Gasteiger partial charge in [0.1, 0.15) is 5.69 Å². The van der Waals surface area contributed by atoms with E-state index in [-0.39, 0.29) is 0 Å². The first-order chi connectivity index (χ1) is 16.2. The Bertz CT molecular complexity index is 1380. The second kappa shape index (κ2) is 9.17. The molecule has 0 amide bonds. The van der Waals surface area contributed by atoms with Crippen LogP contribution in [-0.2, 0) is 0 Å². The van der Waals surface area contributed by atoms with Crippen LogP contribution in [0.3, 0.4) is 0 Å². The molecule has 0 bridgehead atoms. The lowest BCUT2D eigenvalue weighted by atomic mass is 10.1. The molecule has 5 rings (SSSR count). The molecule has 0 aliphatic rings. The SMILES string of the molecule is COc1ccc(-c2nc(-c3ccccc3)oc2Sc2nc3ccccc3s2)c(OC)c1OC. The van der Waals surface area contributed by atoms with Gasteiger partial charge in [0.25, 0.3) is 0 Å². The summed E-state index contributed by atoms with van der Waals surface area (Å²) in [5.41, 5.74) is 3.23. The van der Waals surface area contributed by atoms with Crippen LogP contribution >= 0.6 is 23.1 Å². The molecule has 0 radical (unpaired) electrons. The van der Waals surface area contributed by atoms with Gasteiger partial charge >= 0.3 is 0 Å². The van der Waals surface area contributed by atoms with Gasteiger partial charge in [-0.1, -0.05) is 30.3 Å². The van der Waals surface area contributed by atoms with Crippen molar-refractivity contribution in [3.63, 3.8) is 0 Å². The fourth-order valence-electron chi connectivity index (χ4n) is 3.51. The molecule has 0 saturated carbocycles. The average molecular weight is 477 g/mol. The minimum absolute atomic E-state index is 0.498. The van der Waals surface area contributed by atoms with Gasteiger partial charge in [-0.2, -0.15) is 0 Å². The third-order valence-corrected chi connectivity index (χ3v) is 7.09. The number of oxazole rings is 1. The fourth-order valence-corrected chi connectivity index (χ4v) is 5.55. The molecule has 3 aromatic carbocycles. The number of para-hydroxylation sites is 1. The van der Waals surface area contributed by atoms with E-state index in [1.54, 1.807) is 32.7 Å². The number of hydrogen-bond acceptors (Lipinski definition) is 8. The average Bonchev–Trinajstić information content (AvgIpc) is 3.47. The Morgan fingerprint density at radius 3 is 2.27 bits per heavy atom. The number of hydrogen-bond donors (Lipinski definition) is 0. The predicted octanol–water partition coefficient (Wildman–Crippen LogP) is 6.80. The fraction of sp³-hybridized carbons (Fsp3) is 0.120. The summed E-state index contributed by atoms with van der Waals surface area (Å²) < 4.78 is 25.0. The van der Waals surface area contributed by atoms with E-state index in [1.165, 1.54) is 11.8 Å². The van der Waals surface area contributed by atoms with Gasteiger partial charge in [-0.05, 0) is 48.2 Å². The molecular formula is C25H20N2O4S2. The number of benzene rings is 3. The predicted molar refractivity (Wildman–Crippen MR) is 131 cm³/mol. The van der Waals surface area contributed by atoms with Gasteiger partial charge in [-0.3, -0.25) is 0 Å². The van der Waals surface area contributed by atoms with Crippen molar-refractivity contribution < 1.29 is 18.6 Å². The van der Waals surface area contributed by atoms with Crippen molar-refractivity contribution in [3.05, 3.63) is 66.7 Å². The molecule has 2 aromatic heterocycles. The molecule has 33 heavy (non-hydrogen) atoms. The number of methoxy groups -OCH3 is 3. The number of fused-ring (bicyclic) bond motifs is 1. The largest absolute Gasteiger partial charge is 0.493 e. The van der Waals surface area contributed by atoms with E-state index in [0.717, 1.165) is 25.7 Å². The molecule has 0 fully saturated rings. The molecule has 0 aliphatic heterocycles. The van der Waals surface area contributed by atoms with Gasteiger partial charge in [0.2, 0.25) is 11.6 Å². The maximum Gasteiger partial charge on any atom is 0.228 e. The van der Waals surface area contributed by atoms with E-state index in [2.05, 4.69) is 6.07 Å². The summed E-state index contributed by atoms with van der Waals surface area (Å²) in [7, 11) is 4.77. The molecule has 0 unspecified atom stereocenters. The molecule has 0 N–H and O–H groups in total. The maximum absolute atomic E-state index is 6.28. The Labute approximate surface area is 199 Å². The highest BCUT2D eigenvalue weighted by atomic mass is 32.2. The van der Waals surface area contributed by atoms with Crippen molar-refractivity contribution in [2.45, 2.75) is 9.43 Å². The summed E-state index contributed by atoms with van der Waals surface area (Å²) in [5.74, 6) is 2.12. The summed E-state index contributed by atoms with van der Waals surface area (Å²) in [6, 6.07) is 21.6. The zero-order valence-electron chi connectivity index (χ0n) is 18.2. The molecule has 0 atom stereocenters. The first-order valence-electron chi connectivity index (χ1n) is 10.1. The van der Waals surface area contributed by atoms with Crippen LogP contribution in [0.25, 0.3) is 32.9 Å². The molecule has 0 spiro atoms. The normalized spacial score (nSPS) is 11.0. The summed E-state index contributed by atoms with van der Waals surface area (Å²) in [5, 5.41) is 0.624. The van der Waals surface area contributed by atoms with E-state index >= 15 is 0 Å². The lowest BCUT2D eigenvalue weighted by molar-refractivity contribution is 0.325. The Balaban J connectivity index is 1.67. The van der Waals surface area contributed by atoms with Crippen molar-refractivity contribution in [1.29, 1.82) is 0 Å². The van der Waals surface area contributed by atoms with Crippen LogP contribution in [0.1, 0.15) is 0 Å². The highest BCUT2D eigenvalue weighted by Crippen LogP contribution is 2.48. The Kier molecular flexibility index (Phi) is 5.93. The third kappa shape index (κ3) is 4.03. The molecule has 0 aliphatic carbocycles. The van der Waals surface area contributed by atoms with Gasteiger partial charge < -0.3 is 18.6 Å². The van der Waals surface area contributed by atoms with Crippen LogP contribution in [0.2, 0.25) is 0 Å². The zero-order chi connectivity index (χ0) is 22.8. The lowest BCUT2D eigenvalue weighted by Crippen LogP contribution is -1.97. The molecule has 166 valence electrons. The third-order valence-electron chi connectivity index (χ3n) is 5.03. The minimum atomic E-state index is 0.498. The first-order valence-corrected chi connectivity index (χ1v) is 11.7. The van der Waals surface area contributed by atoms with E-state index in [0.29, 0.717) is 33.9 Å². The Hall–Kier alpha value is -3.49. The standard InChI is InChI=1S/C25H20N2O4S2/c1-28-18-14-13-16(21(29-2)22(18)30-3)20-24(31-23(27-20)15-9-5-4-6-10-15)33-25-26-17-11-7-8-12-19(17)32-25/h4-14H,1-3H3.